The van der Waals surface area contributed by atoms with E-state index in [-0.39, 0.29) is 28.9 Å². The largest absolute Gasteiger partial charge is 0.393 e. The predicted octanol–water partition coefficient (Wildman–Crippen LogP) is 2.63. The van der Waals surface area contributed by atoms with E-state index in [1.165, 1.54) is 0 Å². The van der Waals surface area contributed by atoms with E-state index >= 15 is 0 Å². The van der Waals surface area contributed by atoms with Gasteiger partial charge in [-0.1, -0.05) is 27.7 Å². The fourth-order valence-electron chi connectivity index (χ4n) is 2.82. The van der Waals surface area contributed by atoms with Gasteiger partial charge >= 0.3 is 0 Å². The lowest BCUT2D eigenvalue weighted by atomic mass is 9.67. The second-order valence-corrected chi connectivity index (χ2v) is 9.20. The fourth-order valence-corrected chi connectivity index (χ4v) is 3.77. The zero-order valence-electron chi connectivity index (χ0n) is 12.1. The highest BCUT2D eigenvalue weighted by Crippen LogP contribution is 2.41. The molecular formula is C14H28O3S. The number of hydrogen-bond acceptors (Lipinski definition) is 3. The molecule has 0 radical (unpaired) electrons. The second-order valence-electron chi connectivity index (χ2n) is 6.73. The van der Waals surface area contributed by atoms with Crippen LogP contribution in [0.4, 0.5) is 0 Å². The first-order valence-electron chi connectivity index (χ1n) is 7.04. The van der Waals surface area contributed by atoms with Crippen LogP contribution >= 0.6 is 0 Å². The third kappa shape index (κ3) is 4.54. The Hall–Kier alpha value is -0.0900. The molecule has 0 aromatic carbocycles. The minimum absolute atomic E-state index is 0.157. The number of sulfone groups is 1. The minimum Gasteiger partial charge on any atom is -0.393 e. The predicted molar refractivity (Wildman–Crippen MR) is 75.2 cm³/mol. The quantitative estimate of drug-likeness (QED) is 0.859. The van der Waals surface area contributed by atoms with Gasteiger partial charge in [0.15, 0.2) is 0 Å². The van der Waals surface area contributed by atoms with Crippen LogP contribution in [-0.2, 0) is 9.84 Å². The molecule has 0 aliphatic heterocycles. The molecule has 0 heterocycles. The van der Waals surface area contributed by atoms with Crippen molar-refractivity contribution in [2.45, 2.75) is 59.5 Å². The Balaban J connectivity index is 2.58. The first kappa shape index (κ1) is 16.0. The zero-order valence-corrected chi connectivity index (χ0v) is 13.0. The van der Waals surface area contributed by atoms with Crippen molar-refractivity contribution in [3.63, 3.8) is 0 Å². The first-order valence-corrected chi connectivity index (χ1v) is 8.86. The number of rotatable bonds is 4. The molecule has 1 aliphatic rings. The van der Waals surface area contributed by atoms with Crippen molar-refractivity contribution in [2.75, 3.05) is 11.5 Å². The summed E-state index contributed by atoms with van der Waals surface area (Å²) in [6, 6.07) is 0. The Morgan fingerprint density at radius 3 is 2.33 bits per heavy atom. The molecule has 3 nitrogen and oxygen atoms in total. The summed E-state index contributed by atoms with van der Waals surface area (Å²) in [6.07, 6.45) is 3.14. The maximum Gasteiger partial charge on any atom is 0.150 e. The van der Waals surface area contributed by atoms with Crippen molar-refractivity contribution in [3.8, 4) is 0 Å². The van der Waals surface area contributed by atoms with Gasteiger partial charge in [0.1, 0.15) is 9.84 Å². The average Bonchev–Trinajstić information content (AvgIpc) is 2.26. The van der Waals surface area contributed by atoms with Crippen LogP contribution < -0.4 is 0 Å². The average molecular weight is 276 g/mol. The van der Waals surface area contributed by atoms with Crippen molar-refractivity contribution in [1.29, 1.82) is 0 Å². The first-order chi connectivity index (χ1) is 8.15. The SMILES string of the molecule is CCS(=O)(=O)CCC1CC(C(C)(C)C)CCC1O. The molecule has 1 saturated carbocycles. The van der Waals surface area contributed by atoms with Crippen LogP contribution in [-0.4, -0.2) is 31.1 Å². The summed E-state index contributed by atoms with van der Waals surface area (Å²) in [7, 11) is -2.91. The smallest absolute Gasteiger partial charge is 0.150 e. The normalized spacial score (nSPS) is 30.4. The van der Waals surface area contributed by atoms with Crippen molar-refractivity contribution in [3.05, 3.63) is 0 Å². The summed E-state index contributed by atoms with van der Waals surface area (Å²) in [5, 5.41) is 10.0. The molecule has 18 heavy (non-hydrogen) atoms. The third-order valence-corrected chi connectivity index (χ3v) is 6.14. The van der Waals surface area contributed by atoms with Crippen LogP contribution in [0.3, 0.4) is 0 Å². The zero-order chi connectivity index (χ0) is 14.0. The molecule has 0 bridgehead atoms. The minimum atomic E-state index is -2.91. The van der Waals surface area contributed by atoms with Gasteiger partial charge < -0.3 is 5.11 Å². The van der Waals surface area contributed by atoms with E-state index in [9.17, 15) is 13.5 Å². The van der Waals surface area contributed by atoms with E-state index < -0.39 is 9.84 Å². The lowest BCUT2D eigenvalue weighted by Gasteiger charge is -2.40. The van der Waals surface area contributed by atoms with E-state index in [0.29, 0.717) is 12.3 Å². The molecule has 3 unspecified atom stereocenters. The number of aliphatic hydroxyl groups is 1. The highest BCUT2D eigenvalue weighted by molar-refractivity contribution is 7.91. The topological polar surface area (TPSA) is 54.4 Å². The van der Waals surface area contributed by atoms with Gasteiger partial charge in [-0.2, -0.15) is 0 Å². The van der Waals surface area contributed by atoms with Crippen molar-refractivity contribution in [2.24, 2.45) is 17.3 Å². The standard InChI is InChI=1S/C14H28O3S/c1-5-18(16,17)9-8-11-10-12(14(2,3)4)6-7-13(11)15/h11-13,15H,5-10H2,1-4H3. The summed E-state index contributed by atoms with van der Waals surface area (Å²) in [4.78, 5) is 0. The Labute approximate surface area is 112 Å². The molecule has 1 fully saturated rings. The van der Waals surface area contributed by atoms with Gasteiger partial charge in [-0.15, -0.1) is 0 Å². The van der Waals surface area contributed by atoms with Gasteiger partial charge in [-0.05, 0) is 42.9 Å². The molecule has 1 N–H and O–H groups in total. The van der Waals surface area contributed by atoms with Crippen LogP contribution in [0.5, 0.6) is 0 Å². The molecule has 0 spiro atoms. The van der Waals surface area contributed by atoms with Crippen LogP contribution in [0.2, 0.25) is 0 Å². The van der Waals surface area contributed by atoms with Crippen molar-refractivity contribution >= 4 is 9.84 Å². The Kier molecular flexibility index (Phi) is 5.24. The summed E-state index contributed by atoms with van der Waals surface area (Å²) in [6.45, 7) is 8.38. The van der Waals surface area contributed by atoms with E-state index in [1.807, 2.05) is 0 Å². The Morgan fingerprint density at radius 1 is 1.22 bits per heavy atom. The van der Waals surface area contributed by atoms with Crippen LogP contribution in [0, 0.1) is 17.3 Å². The third-order valence-electron chi connectivity index (χ3n) is 4.41. The van der Waals surface area contributed by atoms with E-state index in [4.69, 9.17) is 0 Å². The van der Waals surface area contributed by atoms with Gasteiger partial charge in [-0.25, -0.2) is 8.42 Å². The summed E-state index contributed by atoms with van der Waals surface area (Å²) in [5.41, 5.74) is 0.252. The van der Waals surface area contributed by atoms with Crippen molar-refractivity contribution < 1.29 is 13.5 Å². The molecule has 0 aromatic rings. The monoisotopic (exact) mass is 276 g/mol. The van der Waals surface area contributed by atoms with E-state index in [1.54, 1.807) is 6.92 Å². The molecule has 4 heteroatoms. The van der Waals surface area contributed by atoms with E-state index in [0.717, 1.165) is 19.3 Å². The summed E-state index contributed by atoms with van der Waals surface area (Å²) < 4.78 is 23.1. The van der Waals surface area contributed by atoms with Gasteiger partial charge in [0, 0.05) is 5.75 Å². The van der Waals surface area contributed by atoms with Crippen LogP contribution in [0.25, 0.3) is 0 Å². The molecule has 108 valence electrons. The molecule has 1 rings (SSSR count). The highest BCUT2D eigenvalue weighted by atomic mass is 32.2. The van der Waals surface area contributed by atoms with E-state index in [2.05, 4.69) is 20.8 Å². The van der Waals surface area contributed by atoms with Gasteiger partial charge in [0.25, 0.3) is 0 Å². The maximum absolute atomic E-state index is 11.5. The van der Waals surface area contributed by atoms with Crippen LogP contribution in [0.1, 0.15) is 53.4 Å². The molecule has 0 aromatic heterocycles. The molecular weight excluding hydrogens is 248 g/mol. The second kappa shape index (κ2) is 5.91. The Morgan fingerprint density at radius 2 is 1.83 bits per heavy atom. The lowest BCUT2D eigenvalue weighted by molar-refractivity contribution is 0.0183. The Bertz CT molecular complexity index is 354. The molecule has 0 saturated heterocycles. The number of aliphatic hydroxyl groups excluding tert-OH is 1. The van der Waals surface area contributed by atoms with Gasteiger partial charge in [0.2, 0.25) is 0 Å². The fraction of sp³-hybridized carbons (Fsp3) is 1.00. The summed E-state index contributed by atoms with van der Waals surface area (Å²) >= 11 is 0. The molecule has 1 aliphatic carbocycles. The lowest BCUT2D eigenvalue weighted by Crippen LogP contribution is -2.35. The van der Waals surface area contributed by atoms with Crippen LogP contribution in [0.15, 0.2) is 0 Å². The van der Waals surface area contributed by atoms with Gasteiger partial charge in [0.05, 0.1) is 11.9 Å². The maximum atomic E-state index is 11.5. The molecule has 3 atom stereocenters. The molecule has 0 amide bonds. The van der Waals surface area contributed by atoms with Gasteiger partial charge in [-0.3, -0.25) is 0 Å². The summed E-state index contributed by atoms with van der Waals surface area (Å²) in [5.74, 6) is 1.18. The number of hydrogen-bond donors (Lipinski definition) is 1. The highest BCUT2D eigenvalue weighted by Gasteiger charge is 2.35. The van der Waals surface area contributed by atoms with Crippen molar-refractivity contribution in [1.82, 2.24) is 0 Å².